The predicted octanol–water partition coefficient (Wildman–Crippen LogP) is 6.87. The molecule has 0 aromatic rings. The zero-order valence-corrected chi connectivity index (χ0v) is 25.6. The molecule has 1 saturated carbocycles. The van der Waals surface area contributed by atoms with E-state index in [9.17, 15) is 9.90 Å². The molecular weight excluding hydrogens is 508 g/mol. The van der Waals surface area contributed by atoms with Crippen LogP contribution in [0.15, 0.2) is 24.3 Å². The third-order valence-corrected chi connectivity index (χ3v) is 8.82. The molecule has 3 aliphatic rings. The topological polar surface area (TPSA) is 83.5 Å². The maximum absolute atomic E-state index is 11.4. The fourth-order valence-electron chi connectivity index (χ4n) is 6.22. The van der Waals surface area contributed by atoms with Crippen molar-refractivity contribution in [3.05, 3.63) is 24.3 Å². The minimum absolute atomic E-state index is 0.0365. The van der Waals surface area contributed by atoms with Gasteiger partial charge in [-0.05, 0) is 75.5 Å². The van der Waals surface area contributed by atoms with E-state index >= 15 is 0 Å². The maximum Gasteiger partial charge on any atom is 0.305 e. The Labute approximate surface area is 243 Å². The Hall–Kier alpha value is -1.25. The van der Waals surface area contributed by atoms with Crippen LogP contribution in [-0.4, -0.2) is 62.3 Å². The molecule has 0 radical (unpaired) electrons. The number of esters is 1. The van der Waals surface area contributed by atoms with E-state index in [2.05, 4.69) is 39.0 Å². The molecule has 2 aliphatic heterocycles. The summed E-state index contributed by atoms with van der Waals surface area (Å²) in [4.78, 5) is 11.4. The zero-order valence-electron chi connectivity index (χ0n) is 25.6. The number of carbonyl (C=O) groups is 1. The van der Waals surface area contributed by atoms with Crippen LogP contribution >= 0.6 is 0 Å². The second-order valence-electron chi connectivity index (χ2n) is 12.5. The first-order chi connectivity index (χ1) is 19.3. The smallest absolute Gasteiger partial charge is 0.305 e. The number of rotatable bonds is 16. The van der Waals surface area contributed by atoms with Crippen LogP contribution in [0.4, 0.5) is 0 Å². The van der Waals surface area contributed by atoms with Gasteiger partial charge in [0.25, 0.3) is 0 Å². The van der Waals surface area contributed by atoms with E-state index in [1.807, 2.05) is 6.08 Å². The number of aliphatic hydroxyl groups is 1. The summed E-state index contributed by atoms with van der Waals surface area (Å²) in [5, 5.41) is 11.2. The van der Waals surface area contributed by atoms with Crippen LogP contribution in [0.1, 0.15) is 111 Å². The molecule has 0 aromatic heterocycles. The van der Waals surface area contributed by atoms with Gasteiger partial charge >= 0.3 is 5.97 Å². The van der Waals surface area contributed by atoms with Gasteiger partial charge in [0.1, 0.15) is 0 Å². The number of allylic oxidation sites excluding steroid dienone is 2. The van der Waals surface area contributed by atoms with E-state index in [1.54, 1.807) is 0 Å². The van der Waals surface area contributed by atoms with E-state index in [0.29, 0.717) is 19.3 Å². The SMILES string of the molecule is CCCCC(C)(C)[C@@H](C=C[C@@H]1[C@@H](CCC=CCCC(=O)OC)[C@@H](O)C[C@H]1OC1CCCCO1)OC1CCCCO1. The molecule has 0 spiro atoms. The molecule has 1 N–H and O–H groups in total. The van der Waals surface area contributed by atoms with E-state index in [-0.39, 0.29) is 48.0 Å². The molecule has 3 rings (SSSR count). The van der Waals surface area contributed by atoms with E-state index in [0.717, 1.165) is 83.8 Å². The minimum atomic E-state index is -0.430. The van der Waals surface area contributed by atoms with Gasteiger partial charge < -0.3 is 28.8 Å². The van der Waals surface area contributed by atoms with Gasteiger partial charge in [0.05, 0.1) is 25.4 Å². The Balaban J connectivity index is 1.73. The standard InChI is InChI=1S/C33H56O7/c1-5-6-21-33(2,3)29(40-32-18-12-14-23-38-32)20-19-26-25(15-9-7-8-10-16-30(35)36-4)27(34)24-28(26)39-31-17-11-13-22-37-31/h7-8,19-20,25-29,31-32,34H,5-6,9-18,21-24H2,1-4H3/t25-,26-,27+,28-,29-,31?,32?/m1/s1. The summed E-state index contributed by atoms with van der Waals surface area (Å²) >= 11 is 0. The number of ether oxygens (including phenoxy) is 5. The van der Waals surface area contributed by atoms with Crippen LogP contribution in [0.3, 0.4) is 0 Å². The van der Waals surface area contributed by atoms with E-state index in [1.165, 1.54) is 7.11 Å². The van der Waals surface area contributed by atoms with Crippen LogP contribution in [0.25, 0.3) is 0 Å². The van der Waals surface area contributed by atoms with Gasteiger partial charge in [0.2, 0.25) is 0 Å². The first-order valence-corrected chi connectivity index (χ1v) is 16.0. The summed E-state index contributed by atoms with van der Waals surface area (Å²) in [6, 6.07) is 0. The predicted molar refractivity (Wildman–Crippen MR) is 157 cm³/mol. The van der Waals surface area contributed by atoms with Crippen molar-refractivity contribution < 1.29 is 33.6 Å². The summed E-state index contributed by atoms with van der Waals surface area (Å²) in [6.45, 7) is 8.32. The van der Waals surface area contributed by atoms with Gasteiger partial charge in [0.15, 0.2) is 12.6 Å². The summed E-state index contributed by atoms with van der Waals surface area (Å²) < 4.78 is 29.8. The van der Waals surface area contributed by atoms with Crippen molar-refractivity contribution in [2.75, 3.05) is 20.3 Å². The summed E-state index contributed by atoms with van der Waals surface area (Å²) in [6.07, 6.45) is 20.8. The molecule has 2 saturated heterocycles. The molecule has 0 aromatic carbocycles. The second kappa shape index (κ2) is 17.6. The van der Waals surface area contributed by atoms with Crippen molar-refractivity contribution in [1.29, 1.82) is 0 Å². The first-order valence-electron chi connectivity index (χ1n) is 16.0. The van der Waals surface area contributed by atoms with Crippen LogP contribution in [-0.2, 0) is 28.5 Å². The molecule has 2 heterocycles. The Morgan fingerprint density at radius 2 is 1.75 bits per heavy atom. The van der Waals surface area contributed by atoms with Crippen LogP contribution < -0.4 is 0 Å². The summed E-state index contributed by atoms with van der Waals surface area (Å²) in [5.74, 6) is -0.0342. The molecule has 7 nitrogen and oxygen atoms in total. The van der Waals surface area contributed by atoms with Crippen molar-refractivity contribution in [3.8, 4) is 0 Å². The fraction of sp³-hybridized carbons (Fsp3) is 0.848. The van der Waals surface area contributed by atoms with Crippen molar-refractivity contribution >= 4 is 5.97 Å². The van der Waals surface area contributed by atoms with Crippen LogP contribution in [0.2, 0.25) is 0 Å². The van der Waals surface area contributed by atoms with Gasteiger partial charge in [0, 0.05) is 32.0 Å². The van der Waals surface area contributed by atoms with E-state index < -0.39 is 6.10 Å². The third kappa shape index (κ3) is 10.9. The van der Waals surface area contributed by atoms with Gasteiger partial charge in [-0.3, -0.25) is 4.79 Å². The Morgan fingerprint density at radius 3 is 2.40 bits per heavy atom. The fourth-order valence-corrected chi connectivity index (χ4v) is 6.22. The van der Waals surface area contributed by atoms with Crippen molar-refractivity contribution in [1.82, 2.24) is 0 Å². The average Bonchev–Trinajstić information content (AvgIpc) is 3.25. The highest BCUT2D eigenvalue weighted by molar-refractivity contribution is 5.69. The highest BCUT2D eigenvalue weighted by Gasteiger charge is 2.43. The molecule has 3 fully saturated rings. The molecular formula is C33H56O7. The molecule has 2 unspecified atom stereocenters. The first kappa shape index (κ1) is 33.3. The molecule has 40 heavy (non-hydrogen) atoms. The lowest BCUT2D eigenvalue weighted by atomic mass is 9.80. The minimum Gasteiger partial charge on any atom is -0.469 e. The normalized spacial score (nSPS) is 30.7. The molecule has 7 heteroatoms. The number of hydrogen-bond donors (Lipinski definition) is 1. The second-order valence-corrected chi connectivity index (χ2v) is 12.5. The number of carbonyl (C=O) groups excluding carboxylic acids is 1. The Bertz CT molecular complexity index is 767. The quantitative estimate of drug-likeness (QED) is 0.162. The number of unbranched alkanes of at least 4 members (excludes halogenated alkanes) is 1. The van der Waals surface area contributed by atoms with Crippen LogP contribution in [0.5, 0.6) is 0 Å². The highest BCUT2D eigenvalue weighted by Crippen LogP contribution is 2.41. The summed E-state index contributed by atoms with van der Waals surface area (Å²) in [5.41, 5.74) is -0.0365. The maximum atomic E-state index is 11.4. The van der Waals surface area contributed by atoms with Crippen LogP contribution in [0, 0.1) is 17.3 Å². The van der Waals surface area contributed by atoms with Gasteiger partial charge in [-0.25, -0.2) is 0 Å². The number of aliphatic hydroxyl groups excluding tert-OH is 1. The molecule has 230 valence electrons. The lowest BCUT2D eigenvalue weighted by molar-refractivity contribution is -0.198. The van der Waals surface area contributed by atoms with Gasteiger partial charge in [-0.1, -0.05) is 57.9 Å². The van der Waals surface area contributed by atoms with Crippen molar-refractivity contribution in [2.45, 2.75) is 142 Å². The van der Waals surface area contributed by atoms with Crippen molar-refractivity contribution in [3.63, 3.8) is 0 Å². The monoisotopic (exact) mass is 564 g/mol. The number of methoxy groups -OCH3 is 1. The van der Waals surface area contributed by atoms with Crippen molar-refractivity contribution in [2.24, 2.45) is 17.3 Å². The number of hydrogen-bond acceptors (Lipinski definition) is 7. The molecule has 1 aliphatic carbocycles. The molecule has 0 bridgehead atoms. The molecule has 0 amide bonds. The largest absolute Gasteiger partial charge is 0.469 e. The third-order valence-electron chi connectivity index (χ3n) is 8.82. The average molecular weight is 565 g/mol. The van der Waals surface area contributed by atoms with Gasteiger partial charge in [-0.15, -0.1) is 0 Å². The Kier molecular flexibility index (Phi) is 14.7. The van der Waals surface area contributed by atoms with Gasteiger partial charge in [-0.2, -0.15) is 0 Å². The highest BCUT2D eigenvalue weighted by atomic mass is 16.7. The lowest BCUT2D eigenvalue weighted by Gasteiger charge is -2.36. The summed E-state index contributed by atoms with van der Waals surface area (Å²) in [7, 11) is 1.42. The Morgan fingerprint density at radius 1 is 1.05 bits per heavy atom. The zero-order chi connectivity index (χ0) is 28.8. The van der Waals surface area contributed by atoms with E-state index in [4.69, 9.17) is 23.7 Å². The lowest BCUT2D eigenvalue weighted by Crippen LogP contribution is -2.37. The molecule has 7 atom stereocenters.